The summed E-state index contributed by atoms with van der Waals surface area (Å²) in [6.45, 7) is 5.14. The minimum atomic E-state index is -1.02. The second-order valence-corrected chi connectivity index (χ2v) is 6.74. The third kappa shape index (κ3) is 3.87. The van der Waals surface area contributed by atoms with Crippen LogP contribution in [0.4, 0.5) is 10.1 Å². The van der Waals surface area contributed by atoms with Crippen molar-refractivity contribution in [3.05, 3.63) is 71.5 Å². The summed E-state index contributed by atoms with van der Waals surface area (Å²) in [7, 11) is 0. The van der Waals surface area contributed by atoms with Gasteiger partial charge in [0.05, 0.1) is 23.2 Å². The predicted octanol–water partition coefficient (Wildman–Crippen LogP) is 4.58. The van der Waals surface area contributed by atoms with Gasteiger partial charge in [0.25, 0.3) is 0 Å². The number of rotatable bonds is 4. The number of nitrogens with zero attached hydrogens (tertiary/aromatic N) is 2. The van der Waals surface area contributed by atoms with Gasteiger partial charge in [-0.1, -0.05) is 0 Å². The van der Waals surface area contributed by atoms with Gasteiger partial charge in [-0.2, -0.15) is 5.26 Å². The lowest BCUT2D eigenvalue weighted by molar-refractivity contribution is -0.120. The Morgan fingerprint density at radius 1 is 1.22 bits per heavy atom. The average Bonchev–Trinajstić information content (AvgIpc) is 3.08. The Bertz CT molecular complexity index is 1030. The summed E-state index contributed by atoms with van der Waals surface area (Å²) in [5.74, 6) is 0.377. The molecule has 136 valence electrons. The summed E-state index contributed by atoms with van der Waals surface area (Å²) in [6, 6.07) is 13.0. The second-order valence-electron chi connectivity index (χ2n) is 6.74. The fourth-order valence-corrected chi connectivity index (χ4v) is 2.65. The van der Waals surface area contributed by atoms with Crippen molar-refractivity contribution in [1.82, 2.24) is 4.98 Å². The molecule has 27 heavy (non-hydrogen) atoms. The number of hydrogen-bond acceptors (Lipinski definition) is 4. The summed E-state index contributed by atoms with van der Waals surface area (Å²) in [5.41, 5.74) is 1.04. The molecule has 0 spiro atoms. The summed E-state index contributed by atoms with van der Waals surface area (Å²) in [4.78, 5) is 16.8. The Morgan fingerprint density at radius 3 is 2.52 bits per heavy atom. The number of halogens is 1. The molecular formula is C21H18FN3O2. The minimum absolute atomic E-state index is 0.178. The van der Waals surface area contributed by atoms with E-state index in [2.05, 4.69) is 10.3 Å². The van der Waals surface area contributed by atoms with Crippen LogP contribution in [0, 0.1) is 24.1 Å². The maximum atomic E-state index is 13.7. The molecule has 0 atom stereocenters. The van der Waals surface area contributed by atoms with Crippen LogP contribution in [0.5, 0.6) is 0 Å². The smallest absolute Gasteiger partial charge is 0.234 e. The Morgan fingerprint density at radius 2 is 1.93 bits per heavy atom. The highest BCUT2D eigenvalue weighted by atomic mass is 19.1. The van der Waals surface area contributed by atoms with Gasteiger partial charge in [-0.25, -0.2) is 9.37 Å². The van der Waals surface area contributed by atoms with Crippen molar-refractivity contribution >= 4 is 11.6 Å². The van der Waals surface area contributed by atoms with Gasteiger partial charge >= 0.3 is 0 Å². The molecular weight excluding hydrogens is 345 g/mol. The van der Waals surface area contributed by atoms with Crippen LogP contribution in [-0.4, -0.2) is 10.9 Å². The van der Waals surface area contributed by atoms with Gasteiger partial charge in [-0.3, -0.25) is 4.79 Å². The lowest BCUT2D eigenvalue weighted by Gasteiger charge is -2.24. The summed E-state index contributed by atoms with van der Waals surface area (Å²) in [5, 5.41) is 11.8. The molecule has 2 aromatic carbocycles. The van der Waals surface area contributed by atoms with Crippen molar-refractivity contribution in [2.45, 2.75) is 26.2 Å². The van der Waals surface area contributed by atoms with Gasteiger partial charge in [-0.15, -0.1) is 0 Å². The third-order valence-electron chi connectivity index (χ3n) is 4.36. The van der Waals surface area contributed by atoms with E-state index >= 15 is 0 Å². The van der Waals surface area contributed by atoms with Crippen LogP contribution < -0.4 is 5.32 Å². The molecule has 5 nitrogen and oxygen atoms in total. The maximum Gasteiger partial charge on any atom is 0.234 e. The van der Waals surface area contributed by atoms with E-state index in [9.17, 15) is 9.18 Å². The number of anilines is 1. The van der Waals surface area contributed by atoms with Crippen LogP contribution in [-0.2, 0) is 10.2 Å². The number of carbonyl (C=O) groups excluding carboxylic acids is 1. The molecule has 1 N–H and O–H groups in total. The van der Waals surface area contributed by atoms with Crippen LogP contribution in [0.1, 0.15) is 30.9 Å². The number of nitriles is 1. The molecule has 1 heterocycles. The lowest BCUT2D eigenvalue weighted by atomic mass is 9.83. The molecule has 1 amide bonds. The van der Waals surface area contributed by atoms with Gasteiger partial charge in [0.2, 0.25) is 5.91 Å². The van der Waals surface area contributed by atoms with Gasteiger partial charge in [-0.05, 0) is 61.9 Å². The predicted molar refractivity (Wildman–Crippen MR) is 99.4 cm³/mol. The Balaban J connectivity index is 1.80. The summed E-state index contributed by atoms with van der Waals surface area (Å²) < 4.78 is 19.2. The Labute approximate surface area is 156 Å². The third-order valence-corrected chi connectivity index (χ3v) is 4.36. The number of aryl methyl sites for hydroxylation is 1. The van der Waals surface area contributed by atoms with E-state index < -0.39 is 11.2 Å². The number of carbonyl (C=O) groups is 1. The number of aromatic nitrogens is 1. The molecule has 0 saturated heterocycles. The van der Waals surface area contributed by atoms with E-state index in [0.717, 1.165) is 11.6 Å². The molecule has 0 aliphatic carbocycles. The zero-order chi connectivity index (χ0) is 19.6. The number of benzene rings is 2. The zero-order valence-corrected chi connectivity index (χ0v) is 15.2. The first-order chi connectivity index (χ1) is 12.8. The standard InChI is InChI=1S/C21H18FN3O2/c1-13-24-12-19(27-13)15-4-6-18(7-5-15)25-20(26)21(2,3)16-8-14(11-23)9-17(22)10-16/h4-10,12H,1-3H3,(H,25,26). The van der Waals surface area contributed by atoms with Crippen molar-refractivity contribution in [3.8, 4) is 17.4 Å². The number of hydrogen-bond donors (Lipinski definition) is 1. The van der Waals surface area contributed by atoms with Crippen LogP contribution in [0.15, 0.2) is 53.1 Å². The normalized spacial score (nSPS) is 11.1. The van der Waals surface area contributed by atoms with Crippen LogP contribution in [0.3, 0.4) is 0 Å². The molecule has 3 aromatic rings. The van der Waals surface area contributed by atoms with E-state index in [0.29, 0.717) is 22.9 Å². The van der Waals surface area contributed by atoms with Crippen LogP contribution >= 0.6 is 0 Å². The number of oxazole rings is 1. The first kappa shape index (κ1) is 18.3. The maximum absolute atomic E-state index is 13.7. The van der Waals surface area contributed by atoms with Crippen LogP contribution in [0.2, 0.25) is 0 Å². The molecule has 0 bridgehead atoms. The van der Waals surface area contributed by atoms with Crippen LogP contribution in [0.25, 0.3) is 11.3 Å². The van der Waals surface area contributed by atoms with E-state index in [1.54, 1.807) is 39.1 Å². The minimum Gasteiger partial charge on any atom is -0.441 e. The summed E-state index contributed by atoms with van der Waals surface area (Å²) >= 11 is 0. The molecule has 6 heteroatoms. The highest BCUT2D eigenvalue weighted by Gasteiger charge is 2.30. The highest BCUT2D eigenvalue weighted by Crippen LogP contribution is 2.28. The lowest BCUT2D eigenvalue weighted by Crippen LogP contribution is -2.34. The first-order valence-corrected chi connectivity index (χ1v) is 8.35. The van der Waals surface area contributed by atoms with Crippen molar-refractivity contribution in [2.24, 2.45) is 0 Å². The average molecular weight is 363 g/mol. The quantitative estimate of drug-likeness (QED) is 0.736. The van der Waals surface area contributed by atoms with Gasteiger partial charge in [0, 0.05) is 18.2 Å². The fourth-order valence-electron chi connectivity index (χ4n) is 2.65. The van der Waals surface area contributed by atoms with E-state index in [4.69, 9.17) is 9.68 Å². The van der Waals surface area contributed by atoms with E-state index in [-0.39, 0.29) is 11.5 Å². The Kier molecular flexibility index (Phi) is 4.78. The van der Waals surface area contributed by atoms with Crippen molar-refractivity contribution in [2.75, 3.05) is 5.32 Å². The topological polar surface area (TPSA) is 78.9 Å². The largest absolute Gasteiger partial charge is 0.441 e. The molecule has 1 aromatic heterocycles. The molecule has 0 aliphatic rings. The molecule has 0 radical (unpaired) electrons. The Hall–Kier alpha value is -3.46. The van der Waals surface area contributed by atoms with E-state index in [1.165, 1.54) is 12.1 Å². The molecule has 0 fully saturated rings. The van der Waals surface area contributed by atoms with Gasteiger partial charge in [0.15, 0.2) is 11.7 Å². The van der Waals surface area contributed by atoms with Crippen molar-refractivity contribution in [3.63, 3.8) is 0 Å². The number of nitrogens with one attached hydrogen (secondary N) is 1. The highest BCUT2D eigenvalue weighted by molar-refractivity contribution is 5.98. The van der Waals surface area contributed by atoms with Crippen molar-refractivity contribution in [1.29, 1.82) is 5.26 Å². The number of amides is 1. The summed E-state index contributed by atoms with van der Waals surface area (Å²) in [6.07, 6.45) is 1.64. The fraction of sp³-hybridized carbons (Fsp3) is 0.190. The molecule has 0 saturated carbocycles. The monoisotopic (exact) mass is 363 g/mol. The first-order valence-electron chi connectivity index (χ1n) is 8.35. The molecule has 0 aliphatic heterocycles. The van der Waals surface area contributed by atoms with E-state index in [1.807, 2.05) is 18.2 Å². The van der Waals surface area contributed by atoms with Gasteiger partial charge < -0.3 is 9.73 Å². The zero-order valence-electron chi connectivity index (χ0n) is 15.2. The SMILES string of the molecule is Cc1ncc(-c2ccc(NC(=O)C(C)(C)c3cc(F)cc(C#N)c3)cc2)o1. The molecule has 3 rings (SSSR count). The van der Waals surface area contributed by atoms with Crippen molar-refractivity contribution < 1.29 is 13.6 Å². The molecule has 0 unspecified atom stereocenters. The second kappa shape index (κ2) is 7.04. The van der Waals surface area contributed by atoms with Gasteiger partial charge in [0.1, 0.15) is 5.82 Å².